The molecule has 4 nitrogen and oxygen atoms in total. The summed E-state index contributed by atoms with van der Waals surface area (Å²) in [5.41, 5.74) is 1.18. The first-order valence-corrected chi connectivity index (χ1v) is 11.1. The van der Waals surface area contributed by atoms with Crippen LogP contribution in [-0.2, 0) is 11.2 Å². The van der Waals surface area contributed by atoms with Crippen molar-refractivity contribution >= 4 is 11.9 Å². The molecule has 0 aromatic heterocycles. The number of carboxylic acids is 1. The lowest BCUT2D eigenvalue weighted by Gasteiger charge is -2.10. The second kappa shape index (κ2) is 15.1. The molecule has 0 unspecified atom stereocenters. The van der Waals surface area contributed by atoms with E-state index in [1.807, 2.05) is 6.07 Å². The average molecular weight is 391 g/mol. The number of ether oxygens (including phenoxy) is 1. The number of hydrogen-bond donors (Lipinski definition) is 1. The molecular formula is C24H38O4. The van der Waals surface area contributed by atoms with Gasteiger partial charge in [0.2, 0.25) is 0 Å². The van der Waals surface area contributed by atoms with Crippen LogP contribution in [0.1, 0.15) is 117 Å². The Bertz CT molecular complexity index is 580. The number of hydrogen-bond acceptors (Lipinski definition) is 3. The number of carbonyl (C=O) groups excluding carboxylic acids is 1. The summed E-state index contributed by atoms with van der Waals surface area (Å²) in [6, 6.07) is 5.11. The van der Waals surface area contributed by atoms with Crippen LogP contribution in [0.2, 0.25) is 0 Å². The van der Waals surface area contributed by atoms with Gasteiger partial charge in [0.1, 0.15) is 0 Å². The molecule has 0 aliphatic heterocycles. The Morgan fingerprint density at radius 2 is 1.36 bits per heavy atom. The Balaban J connectivity index is 2.47. The van der Waals surface area contributed by atoms with Gasteiger partial charge in [-0.15, -0.1) is 0 Å². The van der Waals surface area contributed by atoms with Gasteiger partial charge in [-0.25, -0.2) is 9.59 Å². The van der Waals surface area contributed by atoms with Gasteiger partial charge in [0.05, 0.1) is 17.7 Å². The number of carboxylic acid groups (broad SMARTS) is 1. The van der Waals surface area contributed by atoms with E-state index < -0.39 is 11.9 Å². The second-order valence-electron chi connectivity index (χ2n) is 7.61. The molecule has 0 saturated carbocycles. The smallest absolute Gasteiger partial charge is 0.339 e. The third-order valence-corrected chi connectivity index (χ3v) is 5.08. The second-order valence-corrected chi connectivity index (χ2v) is 7.61. The molecule has 0 radical (unpaired) electrons. The molecule has 4 heteroatoms. The number of benzene rings is 1. The molecule has 0 aliphatic carbocycles. The van der Waals surface area contributed by atoms with Crippen molar-refractivity contribution in [2.45, 2.75) is 97.3 Å². The first-order valence-electron chi connectivity index (χ1n) is 11.1. The van der Waals surface area contributed by atoms with Crippen LogP contribution in [0, 0.1) is 0 Å². The summed E-state index contributed by atoms with van der Waals surface area (Å²) in [7, 11) is 0. The molecule has 0 spiro atoms. The van der Waals surface area contributed by atoms with E-state index in [-0.39, 0.29) is 11.1 Å². The lowest BCUT2D eigenvalue weighted by molar-refractivity contribution is 0.0487. The van der Waals surface area contributed by atoms with E-state index in [9.17, 15) is 14.7 Å². The molecular weight excluding hydrogens is 352 g/mol. The Morgan fingerprint density at radius 1 is 0.786 bits per heavy atom. The van der Waals surface area contributed by atoms with E-state index in [1.54, 1.807) is 12.1 Å². The van der Waals surface area contributed by atoms with Crippen molar-refractivity contribution in [2.75, 3.05) is 6.61 Å². The molecule has 0 bridgehead atoms. The maximum atomic E-state index is 12.3. The molecule has 0 saturated heterocycles. The molecule has 28 heavy (non-hydrogen) atoms. The van der Waals surface area contributed by atoms with Gasteiger partial charge >= 0.3 is 11.9 Å². The van der Waals surface area contributed by atoms with E-state index in [4.69, 9.17) is 4.74 Å². The fraction of sp³-hybridized carbons (Fsp3) is 0.667. The van der Waals surface area contributed by atoms with E-state index in [1.165, 1.54) is 44.9 Å². The Labute approximate surface area is 170 Å². The Kier molecular flexibility index (Phi) is 13.1. The molecule has 0 amide bonds. The molecule has 1 N–H and O–H groups in total. The summed E-state index contributed by atoms with van der Waals surface area (Å²) in [5, 5.41) is 9.49. The van der Waals surface area contributed by atoms with Gasteiger partial charge < -0.3 is 9.84 Å². The van der Waals surface area contributed by atoms with Crippen molar-refractivity contribution in [3.05, 3.63) is 34.9 Å². The van der Waals surface area contributed by atoms with Crippen LogP contribution in [-0.4, -0.2) is 23.7 Å². The zero-order valence-electron chi connectivity index (χ0n) is 17.8. The van der Waals surface area contributed by atoms with Crippen LogP contribution in [0.4, 0.5) is 0 Å². The van der Waals surface area contributed by atoms with Gasteiger partial charge in [-0.05, 0) is 37.0 Å². The summed E-state index contributed by atoms with van der Waals surface area (Å²) in [6.07, 6.45) is 14.7. The van der Waals surface area contributed by atoms with E-state index in [0.717, 1.165) is 44.1 Å². The predicted molar refractivity (Wildman–Crippen MR) is 114 cm³/mol. The molecule has 1 rings (SSSR count). The highest BCUT2D eigenvalue weighted by Crippen LogP contribution is 2.17. The monoisotopic (exact) mass is 390 g/mol. The SMILES string of the molecule is CCCCCCCCOC(=O)c1ccc(CCCCCCCC)cc1C(=O)O. The van der Waals surface area contributed by atoms with Crippen LogP contribution in [0.25, 0.3) is 0 Å². The van der Waals surface area contributed by atoms with Crippen LogP contribution in [0.5, 0.6) is 0 Å². The van der Waals surface area contributed by atoms with Crippen molar-refractivity contribution in [2.24, 2.45) is 0 Å². The third-order valence-electron chi connectivity index (χ3n) is 5.08. The van der Waals surface area contributed by atoms with Gasteiger partial charge in [-0.2, -0.15) is 0 Å². The molecule has 0 fully saturated rings. The van der Waals surface area contributed by atoms with Gasteiger partial charge in [0.25, 0.3) is 0 Å². The fourth-order valence-electron chi connectivity index (χ4n) is 3.34. The lowest BCUT2D eigenvalue weighted by atomic mass is 9.99. The highest BCUT2D eigenvalue weighted by Gasteiger charge is 2.18. The molecule has 0 heterocycles. The molecule has 1 aromatic rings. The third kappa shape index (κ3) is 9.91. The summed E-state index contributed by atoms with van der Waals surface area (Å²) >= 11 is 0. The van der Waals surface area contributed by atoms with Gasteiger partial charge in [0, 0.05) is 0 Å². The summed E-state index contributed by atoms with van der Waals surface area (Å²) in [6.45, 7) is 4.73. The van der Waals surface area contributed by atoms with Crippen molar-refractivity contribution in [3.8, 4) is 0 Å². The minimum Gasteiger partial charge on any atom is -0.478 e. The number of aryl methyl sites for hydroxylation is 1. The van der Waals surface area contributed by atoms with Crippen molar-refractivity contribution < 1.29 is 19.4 Å². The fourth-order valence-corrected chi connectivity index (χ4v) is 3.34. The summed E-state index contributed by atoms with van der Waals surface area (Å²) in [5.74, 6) is -1.60. The highest BCUT2D eigenvalue weighted by atomic mass is 16.5. The standard InChI is InChI=1S/C24H38O4/c1-3-5-7-9-11-13-15-20-16-17-21(22(19-20)23(25)26)24(27)28-18-14-12-10-8-6-4-2/h16-17,19H,3-15,18H2,1-2H3,(H,25,26). The molecule has 0 atom stereocenters. The minimum absolute atomic E-state index is 0.0522. The zero-order chi connectivity index (χ0) is 20.6. The maximum absolute atomic E-state index is 12.3. The average Bonchev–Trinajstić information content (AvgIpc) is 2.69. The van der Waals surface area contributed by atoms with Gasteiger partial charge in [-0.3, -0.25) is 0 Å². The quantitative estimate of drug-likeness (QED) is 0.249. The number of aromatic carboxylic acids is 1. The van der Waals surface area contributed by atoms with Gasteiger partial charge in [-0.1, -0.05) is 84.1 Å². The van der Waals surface area contributed by atoms with Gasteiger partial charge in [0.15, 0.2) is 0 Å². The topological polar surface area (TPSA) is 63.6 Å². The Hall–Kier alpha value is -1.84. The first kappa shape index (κ1) is 24.2. The highest BCUT2D eigenvalue weighted by molar-refractivity contribution is 6.02. The van der Waals surface area contributed by atoms with Crippen molar-refractivity contribution in [3.63, 3.8) is 0 Å². The zero-order valence-corrected chi connectivity index (χ0v) is 17.8. The van der Waals surface area contributed by atoms with E-state index >= 15 is 0 Å². The summed E-state index contributed by atoms with van der Waals surface area (Å²) < 4.78 is 5.30. The van der Waals surface area contributed by atoms with Crippen LogP contribution >= 0.6 is 0 Å². The van der Waals surface area contributed by atoms with Crippen LogP contribution < -0.4 is 0 Å². The van der Waals surface area contributed by atoms with Crippen LogP contribution in [0.15, 0.2) is 18.2 Å². The molecule has 0 aliphatic rings. The van der Waals surface area contributed by atoms with E-state index in [0.29, 0.717) is 6.61 Å². The largest absolute Gasteiger partial charge is 0.478 e. The number of carbonyl (C=O) groups is 2. The Morgan fingerprint density at radius 3 is 1.96 bits per heavy atom. The normalized spacial score (nSPS) is 10.8. The molecule has 1 aromatic carbocycles. The number of esters is 1. The minimum atomic E-state index is -1.07. The maximum Gasteiger partial charge on any atom is 0.339 e. The lowest BCUT2D eigenvalue weighted by Crippen LogP contribution is -2.13. The number of rotatable bonds is 16. The van der Waals surface area contributed by atoms with Crippen molar-refractivity contribution in [1.82, 2.24) is 0 Å². The van der Waals surface area contributed by atoms with Crippen LogP contribution in [0.3, 0.4) is 0 Å². The summed E-state index contributed by atoms with van der Waals surface area (Å²) in [4.78, 5) is 23.9. The predicted octanol–water partition coefficient (Wildman–Crippen LogP) is 6.81. The molecule has 158 valence electrons. The first-order chi connectivity index (χ1) is 13.6. The number of unbranched alkanes of at least 4 members (excludes halogenated alkanes) is 10. The van der Waals surface area contributed by atoms with Crippen molar-refractivity contribution in [1.29, 1.82) is 0 Å². The van der Waals surface area contributed by atoms with E-state index in [2.05, 4.69) is 13.8 Å².